The number of carbonyl (C=O) groups excluding carboxylic acids is 1. The van der Waals surface area contributed by atoms with E-state index in [0.29, 0.717) is 5.57 Å². The van der Waals surface area contributed by atoms with E-state index in [-0.39, 0.29) is 5.91 Å². The zero-order valence-electron chi connectivity index (χ0n) is 7.27. The number of rotatable bonds is 0. The fraction of sp³-hybridized carbons (Fsp3) is 0. The summed E-state index contributed by atoms with van der Waals surface area (Å²) in [5, 5.41) is 1.98. The van der Waals surface area contributed by atoms with E-state index in [4.69, 9.17) is 0 Å². The summed E-state index contributed by atoms with van der Waals surface area (Å²) in [5.41, 5.74) is 1.36. The molecule has 3 nitrogen and oxygen atoms in total. The van der Waals surface area contributed by atoms with Crippen LogP contribution in [0.3, 0.4) is 0 Å². The average molecular weight is 182 g/mol. The minimum absolute atomic E-state index is 0.198. The van der Waals surface area contributed by atoms with Gasteiger partial charge >= 0.3 is 0 Å². The Morgan fingerprint density at radius 3 is 2.93 bits per heavy atom. The monoisotopic (exact) mass is 182 g/mol. The molecule has 0 atom stereocenters. The summed E-state index contributed by atoms with van der Waals surface area (Å²) < 4.78 is 0. The summed E-state index contributed by atoms with van der Waals surface area (Å²) in [6, 6.07) is 7.74. The quantitative estimate of drug-likeness (QED) is 0.540. The summed E-state index contributed by atoms with van der Waals surface area (Å²) >= 11 is 0. The first kappa shape index (κ1) is 7.38. The molecule has 0 radical (unpaired) electrons. The molecule has 66 valence electrons. The van der Waals surface area contributed by atoms with Gasteiger partial charge in [-0.15, -0.1) is 0 Å². The fourth-order valence-corrected chi connectivity index (χ4v) is 1.74. The molecule has 2 aliphatic rings. The average Bonchev–Trinajstić information content (AvgIpc) is 2.57. The highest BCUT2D eigenvalue weighted by atomic mass is 16.1. The van der Waals surface area contributed by atoms with Gasteiger partial charge in [0.25, 0.3) is 5.91 Å². The van der Waals surface area contributed by atoms with Crippen LogP contribution in [0.2, 0.25) is 0 Å². The molecular weight excluding hydrogens is 176 g/mol. The Morgan fingerprint density at radius 2 is 2.00 bits per heavy atom. The lowest BCUT2D eigenvalue weighted by Gasteiger charge is -2.01. The molecule has 1 aromatic rings. The number of hydrogen-bond acceptors (Lipinski definition) is 2. The molecule has 1 aromatic carbocycles. The first-order chi connectivity index (χ1) is 6.86. The minimum Gasteiger partial charge on any atom is -0.267 e. The third-order valence-corrected chi connectivity index (χ3v) is 2.36. The van der Waals surface area contributed by atoms with E-state index in [1.165, 1.54) is 6.34 Å². The van der Waals surface area contributed by atoms with Gasteiger partial charge in [0.05, 0.1) is 11.3 Å². The van der Waals surface area contributed by atoms with Gasteiger partial charge in [-0.05, 0) is 16.5 Å². The van der Waals surface area contributed by atoms with Crippen molar-refractivity contribution >= 4 is 29.6 Å². The molecule has 1 amide bonds. The highest BCUT2D eigenvalue weighted by Crippen LogP contribution is 2.08. The Hall–Kier alpha value is -2.03. The fourth-order valence-electron chi connectivity index (χ4n) is 1.74. The molecule has 1 aliphatic carbocycles. The van der Waals surface area contributed by atoms with Crippen LogP contribution in [0.15, 0.2) is 34.3 Å². The Morgan fingerprint density at radius 1 is 1.14 bits per heavy atom. The van der Waals surface area contributed by atoms with Gasteiger partial charge in [-0.1, -0.05) is 24.3 Å². The predicted molar refractivity (Wildman–Crippen MR) is 54.5 cm³/mol. The molecule has 3 heteroatoms. The first-order valence-corrected chi connectivity index (χ1v) is 4.32. The van der Waals surface area contributed by atoms with Crippen molar-refractivity contribution in [3.8, 4) is 0 Å². The van der Waals surface area contributed by atoms with Crippen LogP contribution in [0.4, 0.5) is 0 Å². The Bertz CT molecular complexity index is 608. The van der Waals surface area contributed by atoms with Crippen molar-refractivity contribution in [2.24, 2.45) is 9.98 Å². The Labute approximate surface area is 79.8 Å². The van der Waals surface area contributed by atoms with E-state index >= 15 is 0 Å². The van der Waals surface area contributed by atoms with Crippen LogP contribution in [0, 0.1) is 0 Å². The lowest BCUT2D eigenvalue weighted by atomic mass is 10.1. The van der Waals surface area contributed by atoms with E-state index in [9.17, 15) is 4.79 Å². The zero-order chi connectivity index (χ0) is 9.54. The number of benzene rings is 1. The van der Waals surface area contributed by atoms with E-state index in [0.717, 1.165) is 16.1 Å². The van der Waals surface area contributed by atoms with Crippen LogP contribution >= 0.6 is 0 Å². The molecule has 0 bridgehead atoms. The molecule has 0 fully saturated rings. The van der Waals surface area contributed by atoms with Crippen LogP contribution in [0.25, 0.3) is 11.6 Å². The van der Waals surface area contributed by atoms with E-state index in [1.54, 1.807) is 0 Å². The number of nitrogens with zero attached hydrogens (tertiary/aromatic N) is 2. The van der Waals surface area contributed by atoms with E-state index < -0.39 is 0 Å². The SMILES string of the molecule is O=C1N=CN=C2C=c3ccccc3=C12. The van der Waals surface area contributed by atoms with Crippen molar-refractivity contribution in [1.29, 1.82) is 0 Å². The summed E-state index contributed by atoms with van der Waals surface area (Å²) in [6.07, 6.45) is 3.22. The van der Waals surface area contributed by atoms with Gasteiger partial charge in [0.15, 0.2) is 0 Å². The third kappa shape index (κ3) is 0.836. The summed E-state index contributed by atoms with van der Waals surface area (Å²) in [7, 11) is 0. The van der Waals surface area contributed by atoms with E-state index in [2.05, 4.69) is 9.98 Å². The van der Waals surface area contributed by atoms with E-state index in [1.807, 2.05) is 30.3 Å². The number of hydrogen-bond donors (Lipinski definition) is 0. The summed E-state index contributed by atoms with van der Waals surface area (Å²) in [6.45, 7) is 0. The second kappa shape index (κ2) is 2.48. The number of fused-ring (bicyclic) bond motifs is 2. The molecule has 1 aliphatic heterocycles. The summed E-state index contributed by atoms with van der Waals surface area (Å²) in [4.78, 5) is 19.2. The highest BCUT2D eigenvalue weighted by molar-refractivity contribution is 6.54. The third-order valence-electron chi connectivity index (χ3n) is 2.36. The maximum atomic E-state index is 11.5. The van der Waals surface area contributed by atoms with Crippen LogP contribution in [0.5, 0.6) is 0 Å². The maximum Gasteiger partial charge on any atom is 0.281 e. The van der Waals surface area contributed by atoms with Gasteiger partial charge in [0.2, 0.25) is 0 Å². The Balaban J connectivity index is 2.51. The first-order valence-electron chi connectivity index (χ1n) is 4.32. The van der Waals surface area contributed by atoms with Crippen molar-refractivity contribution < 1.29 is 4.79 Å². The van der Waals surface area contributed by atoms with Gasteiger partial charge in [-0.3, -0.25) is 4.79 Å². The topological polar surface area (TPSA) is 41.8 Å². The molecule has 0 saturated carbocycles. The van der Waals surface area contributed by atoms with Gasteiger partial charge in [-0.25, -0.2) is 4.99 Å². The molecule has 0 aromatic heterocycles. The molecule has 14 heavy (non-hydrogen) atoms. The molecular formula is C11H6N2O. The summed E-state index contributed by atoms with van der Waals surface area (Å²) in [5.74, 6) is -0.198. The van der Waals surface area contributed by atoms with Gasteiger partial charge in [-0.2, -0.15) is 4.99 Å². The standard InChI is InChI=1S/C11H6N2O/c14-11-10-8-4-2-1-3-7(8)5-9(10)12-6-13-11/h1-6H. The molecule has 0 N–H and O–H groups in total. The zero-order valence-corrected chi connectivity index (χ0v) is 7.27. The van der Waals surface area contributed by atoms with Crippen molar-refractivity contribution in [3.05, 3.63) is 34.7 Å². The second-order valence-electron chi connectivity index (χ2n) is 3.17. The van der Waals surface area contributed by atoms with Crippen LogP contribution in [0.1, 0.15) is 0 Å². The molecule has 0 unspecified atom stereocenters. The van der Waals surface area contributed by atoms with Crippen molar-refractivity contribution in [1.82, 2.24) is 0 Å². The molecule has 0 saturated heterocycles. The minimum atomic E-state index is -0.198. The number of amides is 1. The lowest BCUT2D eigenvalue weighted by molar-refractivity contribution is -0.112. The van der Waals surface area contributed by atoms with Crippen molar-refractivity contribution in [3.63, 3.8) is 0 Å². The van der Waals surface area contributed by atoms with Crippen LogP contribution in [-0.2, 0) is 4.79 Å². The van der Waals surface area contributed by atoms with Gasteiger partial charge < -0.3 is 0 Å². The maximum absolute atomic E-state index is 11.5. The van der Waals surface area contributed by atoms with Crippen LogP contribution < -0.4 is 10.4 Å². The van der Waals surface area contributed by atoms with Gasteiger partial charge in [0.1, 0.15) is 6.34 Å². The largest absolute Gasteiger partial charge is 0.281 e. The van der Waals surface area contributed by atoms with Crippen molar-refractivity contribution in [2.75, 3.05) is 0 Å². The highest BCUT2D eigenvalue weighted by Gasteiger charge is 2.21. The lowest BCUT2D eigenvalue weighted by Crippen LogP contribution is -2.25. The van der Waals surface area contributed by atoms with Crippen molar-refractivity contribution in [2.45, 2.75) is 0 Å². The predicted octanol–water partition coefficient (Wildman–Crippen LogP) is -0.359. The smallest absolute Gasteiger partial charge is 0.267 e. The molecule has 1 heterocycles. The molecule has 0 spiro atoms. The Kier molecular flexibility index (Phi) is 1.31. The normalized spacial score (nSPS) is 17.3. The second-order valence-corrected chi connectivity index (χ2v) is 3.17. The number of carbonyl (C=O) groups is 1. The van der Waals surface area contributed by atoms with Crippen LogP contribution in [-0.4, -0.2) is 18.0 Å². The number of aliphatic imine (C=N–C) groups is 2. The van der Waals surface area contributed by atoms with Gasteiger partial charge in [0, 0.05) is 0 Å². The molecule has 3 rings (SSSR count).